The highest BCUT2D eigenvalue weighted by Gasteiger charge is 2.45. The van der Waals surface area contributed by atoms with Crippen LogP contribution in [0.3, 0.4) is 0 Å². The fourth-order valence-electron chi connectivity index (χ4n) is 7.78. The molecular weight excluding hydrogens is 649 g/mol. The molecule has 9 heteroatoms. The number of aromatic nitrogens is 4. The lowest BCUT2D eigenvalue weighted by atomic mass is 9.77. The Kier molecular flexibility index (Phi) is 9.21. The van der Waals surface area contributed by atoms with Crippen LogP contribution in [0.15, 0.2) is 151 Å². The lowest BCUT2D eigenvalue weighted by Gasteiger charge is -2.36. The Morgan fingerprint density at radius 3 is 1.71 bits per heavy atom. The van der Waals surface area contributed by atoms with E-state index >= 15 is 0 Å². The summed E-state index contributed by atoms with van der Waals surface area (Å²) in [7, 11) is 1.85. The Bertz CT molecular complexity index is 2100. The number of nitrogens with zero attached hydrogens (tertiary/aromatic N) is 6. The van der Waals surface area contributed by atoms with Gasteiger partial charge in [0.25, 0.3) is 0 Å². The highest BCUT2D eigenvalue weighted by molar-refractivity contribution is 5.94. The van der Waals surface area contributed by atoms with Crippen LogP contribution in [0.2, 0.25) is 0 Å². The first-order valence-electron chi connectivity index (χ1n) is 17.6. The number of hydrogen-bond donors (Lipinski definition) is 2. The Hall–Kier alpha value is -6.06. The summed E-state index contributed by atoms with van der Waals surface area (Å²) >= 11 is 0. The molecular formula is C43H42N6O3. The van der Waals surface area contributed by atoms with Crippen LogP contribution in [0.25, 0.3) is 22.5 Å². The Labute approximate surface area is 304 Å². The van der Waals surface area contributed by atoms with Crippen molar-refractivity contribution in [2.75, 3.05) is 11.9 Å². The van der Waals surface area contributed by atoms with Crippen LogP contribution in [0.1, 0.15) is 50.3 Å². The number of rotatable bonds is 11. The van der Waals surface area contributed by atoms with E-state index in [9.17, 15) is 15.0 Å². The van der Waals surface area contributed by atoms with Gasteiger partial charge in [0.15, 0.2) is 11.5 Å². The van der Waals surface area contributed by atoms with E-state index in [1.54, 1.807) is 13.8 Å². The van der Waals surface area contributed by atoms with Gasteiger partial charge >= 0.3 is 5.97 Å². The van der Waals surface area contributed by atoms with Crippen LogP contribution >= 0.6 is 0 Å². The SMILES string of the molecule is CCCC1N(C)C(C(C)(C)O)=C(C(=O)O)N1c1ccc(-c2ccccc2-c2nnnn2C(c2ccccc2)(c2ccccc2)c2ccccc2)cc1. The molecule has 1 atom stereocenters. The van der Waals surface area contributed by atoms with Crippen molar-refractivity contribution in [1.82, 2.24) is 25.1 Å². The molecule has 2 N–H and O–H groups in total. The van der Waals surface area contributed by atoms with E-state index in [-0.39, 0.29) is 11.9 Å². The quantitative estimate of drug-likeness (QED) is 0.133. The molecule has 0 aliphatic carbocycles. The van der Waals surface area contributed by atoms with E-state index in [0.29, 0.717) is 17.9 Å². The molecule has 0 fully saturated rings. The number of likely N-dealkylation sites (N-methyl/N-ethyl adjacent to an activating group) is 1. The first-order valence-corrected chi connectivity index (χ1v) is 17.6. The maximum atomic E-state index is 12.8. The number of tetrazole rings is 1. The summed E-state index contributed by atoms with van der Waals surface area (Å²) in [6.45, 7) is 5.33. The predicted octanol–water partition coefficient (Wildman–Crippen LogP) is 7.79. The minimum atomic E-state index is -1.35. The van der Waals surface area contributed by atoms with Gasteiger partial charge in [-0.1, -0.05) is 141 Å². The lowest BCUT2D eigenvalue weighted by molar-refractivity contribution is -0.132. The van der Waals surface area contributed by atoms with Gasteiger partial charge in [-0.3, -0.25) is 0 Å². The third-order valence-electron chi connectivity index (χ3n) is 9.88. The van der Waals surface area contributed by atoms with Crippen molar-refractivity contribution in [2.45, 2.75) is 50.9 Å². The lowest BCUT2D eigenvalue weighted by Crippen LogP contribution is -2.41. The standard InChI is InChI=1S/C43H42N6O3/c1-5-17-37-47(4)39(42(2,3)52)38(41(50)51)48(37)34-28-26-30(27-29-34)35-24-15-16-25-36(35)40-44-45-46-49(40)43(31-18-9-6-10-19-31,32-20-11-7-12-21-32)33-22-13-8-14-23-33/h6-16,18-29,37,52H,5,17H2,1-4H3,(H,50,51). The Morgan fingerprint density at radius 1 is 0.731 bits per heavy atom. The van der Waals surface area contributed by atoms with Crippen molar-refractivity contribution in [3.63, 3.8) is 0 Å². The summed E-state index contributed by atoms with van der Waals surface area (Å²) in [5.74, 6) is -0.492. The molecule has 52 heavy (non-hydrogen) atoms. The first kappa shape index (κ1) is 34.4. The van der Waals surface area contributed by atoms with Crippen molar-refractivity contribution in [2.24, 2.45) is 0 Å². The number of aliphatic hydroxyl groups is 1. The average Bonchev–Trinajstić information content (AvgIpc) is 3.77. The second-order valence-corrected chi connectivity index (χ2v) is 13.6. The average molecular weight is 691 g/mol. The van der Waals surface area contributed by atoms with E-state index in [1.807, 2.05) is 119 Å². The molecule has 0 radical (unpaired) electrons. The minimum Gasteiger partial charge on any atom is -0.477 e. The van der Waals surface area contributed by atoms with Crippen molar-refractivity contribution < 1.29 is 15.0 Å². The topological polar surface area (TPSA) is 108 Å². The van der Waals surface area contributed by atoms with Gasteiger partial charge in [-0.25, -0.2) is 9.48 Å². The molecule has 9 nitrogen and oxygen atoms in total. The molecule has 1 unspecified atom stereocenters. The van der Waals surface area contributed by atoms with E-state index in [1.165, 1.54) is 0 Å². The molecule has 1 aliphatic heterocycles. The molecule has 1 aliphatic rings. The van der Waals surface area contributed by atoms with Crippen LogP contribution in [0, 0.1) is 0 Å². The molecule has 6 aromatic rings. The molecule has 2 heterocycles. The molecule has 7 rings (SSSR count). The third-order valence-corrected chi connectivity index (χ3v) is 9.88. The summed E-state index contributed by atoms with van der Waals surface area (Å²) < 4.78 is 1.93. The van der Waals surface area contributed by atoms with Crippen LogP contribution in [-0.4, -0.2) is 60.1 Å². The van der Waals surface area contributed by atoms with E-state index in [4.69, 9.17) is 5.21 Å². The Balaban J connectivity index is 1.38. The number of benzene rings is 5. The smallest absolute Gasteiger partial charge is 0.354 e. The van der Waals surface area contributed by atoms with E-state index < -0.39 is 17.1 Å². The van der Waals surface area contributed by atoms with Crippen molar-refractivity contribution in [1.29, 1.82) is 0 Å². The molecule has 0 spiro atoms. The number of carboxylic acid groups (broad SMARTS) is 1. The number of carbonyl (C=O) groups is 1. The minimum absolute atomic E-state index is 0.0832. The second-order valence-electron chi connectivity index (χ2n) is 13.6. The predicted molar refractivity (Wildman–Crippen MR) is 203 cm³/mol. The first-order chi connectivity index (χ1) is 25.2. The zero-order valence-corrected chi connectivity index (χ0v) is 29.8. The van der Waals surface area contributed by atoms with Gasteiger partial charge in [-0.2, -0.15) is 0 Å². The maximum Gasteiger partial charge on any atom is 0.354 e. The van der Waals surface area contributed by atoms with E-state index in [2.05, 4.69) is 59.7 Å². The van der Waals surface area contributed by atoms with Gasteiger partial charge < -0.3 is 20.0 Å². The summed E-state index contributed by atoms with van der Waals surface area (Å²) in [5.41, 5.74) is 4.64. The zero-order chi connectivity index (χ0) is 36.5. The highest BCUT2D eigenvalue weighted by Crippen LogP contribution is 2.44. The summed E-state index contributed by atoms with van der Waals surface area (Å²) in [5, 5.41) is 35.2. The van der Waals surface area contributed by atoms with Gasteiger partial charge in [-0.15, -0.1) is 5.10 Å². The maximum absolute atomic E-state index is 12.8. The van der Waals surface area contributed by atoms with Gasteiger partial charge in [0.05, 0.1) is 5.70 Å². The van der Waals surface area contributed by atoms with E-state index in [0.717, 1.165) is 45.5 Å². The van der Waals surface area contributed by atoms with Crippen molar-refractivity contribution >= 4 is 11.7 Å². The molecule has 0 amide bonds. The van der Waals surface area contributed by atoms with Gasteiger partial charge in [0.2, 0.25) is 0 Å². The largest absolute Gasteiger partial charge is 0.477 e. The van der Waals surface area contributed by atoms with Crippen molar-refractivity contribution in [3.05, 3.63) is 168 Å². The molecule has 0 bridgehead atoms. The summed E-state index contributed by atoms with van der Waals surface area (Å²) in [4.78, 5) is 16.5. The molecule has 0 saturated heterocycles. The second kappa shape index (κ2) is 13.9. The normalized spacial score (nSPS) is 15.0. The van der Waals surface area contributed by atoms with Crippen LogP contribution in [-0.2, 0) is 10.3 Å². The fraction of sp³-hybridized carbons (Fsp3) is 0.209. The Morgan fingerprint density at radius 2 is 1.23 bits per heavy atom. The molecule has 262 valence electrons. The summed E-state index contributed by atoms with van der Waals surface area (Å²) in [6, 6.07) is 46.9. The third kappa shape index (κ3) is 5.82. The number of aliphatic carboxylic acids is 1. The van der Waals surface area contributed by atoms with Crippen LogP contribution < -0.4 is 4.90 Å². The van der Waals surface area contributed by atoms with Crippen molar-refractivity contribution in [3.8, 4) is 22.5 Å². The zero-order valence-electron chi connectivity index (χ0n) is 29.8. The van der Waals surface area contributed by atoms with Gasteiger partial charge in [-0.05, 0) is 70.6 Å². The number of anilines is 1. The summed E-state index contributed by atoms with van der Waals surface area (Å²) in [6.07, 6.45) is 1.29. The van der Waals surface area contributed by atoms with Gasteiger partial charge in [0, 0.05) is 18.3 Å². The molecule has 1 aromatic heterocycles. The monoisotopic (exact) mass is 690 g/mol. The number of hydrogen-bond acceptors (Lipinski definition) is 7. The number of carboxylic acids is 1. The fourth-order valence-corrected chi connectivity index (χ4v) is 7.78. The molecule has 0 saturated carbocycles. The van der Waals surface area contributed by atoms with Gasteiger partial charge in [0.1, 0.15) is 17.3 Å². The highest BCUT2D eigenvalue weighted by atomic mass is 16.4. The van der Waals surface area contributed by atoms with Crippen LogP contribution in [0.5, 0.6) is 0 Å². The molecule has 5 aromatic carbocycles. The van der Waals surface area contributed by atoms with Crippen LogP contribution in [0.4, 0.5) is 5.69 Å².